The van der Waals surface area contributed by atoms with E-state index in [2.05, 4.69) is 30.2 Å². The molecular weight excluding hydrogens is 212 g/mol. The second kappa shape index (κ2) is 8.20. The van der Waals surface area contributed by atoms with Crippen LogP contribution in [0, 0.1) is 0 Å². The lowest BCUT2D eigenvalue weighted by molar-refractivity contribution is 0.0301. The van der Waals surface area contributed by atoms with E-state index < -0.39 is 0 Å². The zero-order valence-electron chi connectivity index (χ0n) is 11.1. The van der Waals surface area contributed by atoms with Crippen LogP contribution in [-0.4, -0.2) is 30.8 Å². The lowest BCUT2D eigenvalue weighted by atomic mass is 9.99. The van der Waals surface area contributed by atoms with Gasteiger partial charge in [-0.25, -0.2) is 0 Å². The molecule has 1 rings (SSSR count). The van der Waals surface area contributed by atoms with E-state index in [0.717, 1.165) is 25.9 Å². The van der Waals surface area contributed by atoms with E-state index in [4.69, 9.17) is 4.74 Å². The number of likely N-dealkylation sites (N-methyl/N-ethyl adjacent to an activating group) is 1. The Morgan fingerprint density at radius 2 is 2.24 bits per heavy atom. The number of hydrogen-bond acceptors (Lipinski definition) is 3. The van der Waals surface area contributed by atoms with E-state index in [-0.39, 0.29) is 6.10 Å². The van der Waals surface area contributed by atoms with Crippen molar-refractivity contribution in [2.45, 2.75) is 45.3 Å². The molecule has 2 unspecified atom stereocenters. The SMILES string of the molecule is CCCC(OCC)C(Cc1cccnc1)NC. The molecule has 1 aromatic heterocycles. The van der Waals surface area contributed by atoms with E-state index >= 15 is 0 Å². The van der Waals surface area contributed by atoms with Gasteiger partial charge in [-0.05, 0) is 38.4 Å². The number of ether oxygens (including phenoxy) is 1. The van der Waals surface area contributed by atoms with Gasteiger partial charge in [0.25, 0.3) is 0 Å². The van der Waals surface area contributed by atoms with Gasteiger partial charge in [-0.3, -0.25) is 4.98 Å². The van der Waals surface area contributed by atoms with Crippen molar-refractivity contribution < 1.29 is 4.74 Å². The lowest BCUT2D eigenvalue weighted by Crippen LogP contribution is -2.41. The van der Waals surface area contributed by atoms with Gasteiger partial charge < -0.3 is 10.1 Å². The summed E-state index contributed by atoms with van der Waals surface area (Å²) in [5.41, 5.74) is 1.26. The maximum atomic E-state index is 5.82. The number of rotatable bonds is 8. The molecule has 0 bridgehead atoms. The molecule has 3 nitrogen and oxygen atoms in total. The average Bonchev–Trinajstić information content (AvgIpc) is 2.37. The van der Waals surface area contributed by atoms with Crippen LogP contribution in [0.25, 0.3) is 0 Å². The van der Waals surface area contributed by atoms with Crippen molar-refractivity contribution in [2.75, 3.05) is 13.7 Å². The third-order valence-electron chi connectivity index (χ3n) is 2.95. The minimum atomic E-state index is 0.287. The molecule has 0 fully saturated rings. The van der Waals surface area contributed by atoms with Crippen LogP contribution < -0.4 is 5.32 Å². The topological polar surface area (TPSA) is 34.1 Å². The highest BCUT2D eigenvalue weighted by Gasteiger charge is 2.19. The van der Waals surface area contributed by atoms with Gasteiger partial charge in [0, 0.05) is 25.0 Å². The zero-order valence-corrected chi connectivity index (χ0v) is 11.1. The fourth-order valence-electron chi connectivity index (χ4n) is 2.09. The number of hydrogen-bond donors (Lipinski definition) is 1. The van der Waals surface area contributed by atoms with E-state index in [1.807, 2.05) is 25.5 Å². The molecular formula is C14H24N2O. The predicted molar refractivity (Wildman–Crippen MR) is 71.1 cm³/mol. The molecule has 0 aromatic carbocycles. The molecule has 1 aromatic rings. The molecule has 1 heterocycles. The van der Waals surface area contributed by atoms with Crippen molar-refractivity contribution in [3.8, 4) is 0 Å². The lowest BCUT2D eigenvalue weighted by Gasteiger charge is -2.26. The molecule has 2 atom stereocenters. The van der Waals surface area contributed by atoms with Crippen molar-refractivity contribution in [2.24, 2.45) is 0 Å². The predicted octanol–water partition coefficient (Wildman–Crippen LogP) is 2.42. The highest BCUT2D eigenvalue weighted by atomic mass is 16.5. The minimum Gasteiger partial charge on any atom is -0.377 e. The molecule has 96 valence electrons. The fraction of sp³-hybridized carbons (Fsp3) is 0.643. The van der Waals surface area contributed by atoms with Gasteiger partial charge in [-0.2, -0.15) is 0 Å². The maximum absolute atomic E-state index is 5.82. The van der Waals surface area contributed by atoms with Crippen LogP contribution in [0.2, 0.25) is 0 Å². The van der Waals surface area contributed by atoms with Crippen LogP contribution in [0.4, 0.5) is 0 Å². The van der Waals surface area contributed by atoms with E-state index in [1.165, 1.54) is 5.56 Å². The first-order valence-electron chi connectivity index (χ1n) is 6.49. The van der Waals surface area contributed by atoms with E-state index in [0.29, 0.717) is 6.04 Å². The second-order valence-electron chi connectivity index (χ2n) is 4.24. The van der Waals surface area contributed by atoms with E-state index in [9.17, 15) is 0 Å². The van der Waals surface area contributed by atoms with E-state index in [1.54, 1.807) is 0 Å². The fourth-order valence-corrected chi connectivity index (χ4v) is 2.09. The van der Waals surface area contributed by atoms with Crippen molar-refractivity contribution in [3.05, 3.63) is 30.1 Å². The highest BCUT2D eigenvalue weighted by molar-refractivity contribution is 5.10. The van der Waals surface area contributed by atoms with Gasteiger partial charge >= 0.3 is 0 Å². The van der Waals surface area contributed by atoms with Crippen LogP contribution in [0.5, 0.6) is 0 Å². The van der Waals surface area contributed by atoms with Crippen molar-refractivity contribution in [1.29, 1.82) is 0 Å². The first-order chi connectivity index (χ1) is 8.31. The molecule has 0 aliphatic carbocycles. The Balaban J connectivity index is 2.61. The molecule has 0 spiro atoms. The standard InChI is InChI=1S/C14H24N2O/c1-4-7-14(17-5-2)13(15-3)10-12-8-6-9-16-11-12/h6,8-9,11,13-15H,4-5,7,10H2,1-3H3. The number of pyridine rings is 1. The summed E-state index contributed by atoms with van der Waals surface area (Å²) in [5, 5.41) is 3.37. The number of aromatic nitrogens is 1. The Morgan fingerprint density at radius 3 is 2.76 bits per heavy atom. The Labute approximate surface area is 105 Å². The van der Waals surface area contributed by atoms with Gasteiger partial charge in [0.15, 0.2) is 0 Å². The largest absolute Gasteiger partial charge is 0.377 e. The minimum absolute atomic E-state index is 0.287. The molecule has 17 heavy (non-hydrogen) atoms. The van der Waals surface area contributed by atoms with Crippen molar-refractivity contribution in [1.82, 2.24) is 10.3 Å². The van der Waals surface area contributed by atoms with Crippen molar-refractivity contribution in [3.63, 3.8) is 0 Å². The summed E-state index contributed by atoms with van der Waals surface area (Å²) in [5.74, 6) is 0. The van der Waals surface area contributed by atoms with Crippen LogP contribution in [0.1, 0.15) is 32.3 Å². The van der Waals surface area contributed by atoms with Crippen LogP contribution >= 0.6 is 0 Å². The smallest absolute Gasteiger partial charge is 0.0730 e. The van der Waals surface area contributed by atoms with Crippen LogP contribution in [-0.2, 0) is 11.2 Å². The zero-order chi connectivity index (χ0) is 12.5. The third-order valence-corrected chi connectivity index (χ3v) is 2.95. The molecule has 3 heteroatoms. The summed E-state index contributed by atoms with van der Waals surface area (Å²) in [6.45, 7) is 5.03. The Morgan fingerprint density at radius 1 is 1.41 bits per heavy atom. The summed E-state index contributed by atoms with van der Waals surface area (Å²) < 4.78 is 5.82. The third kappa shape index (κ3) is 4.84. The van der Waals surface area contributed by atoms with Crippen LogP contribution in [0.15, 0.2) is 24.5 Å². The molecule has 0 aliphatic rings. The molecule has 0 saturated heterocycles. The summed E-state index contributed by atoms with van der Waals surface area (Å²) in [7, 11) is 2.00. The molecule has 0 aliphatic heterocycles. The average molecular weight is 236 g/mol. The quantitative estimate of drug-likeness (QED) is 0.752. The first kappa shape index (κ1) is 14.1. The summed E-state index contributed by atoms with van der Waals surface area (Å²) in [6.07, 6.45) is 7.24. The summed E-state index contributed by atoms with van der Waals surface area (Å²) in [6, 6.07) is 4.46. The molecule has 1 N–H and O–H groups in total. The summed E-state index contributed by atoms with van der Waals surface area (Å²) in [4.78, 5) is 4.15. The van der Waals surface area contributed by atoms with Gasteiger partial charge in [0.2, 0.25) is 0 Å². The maximum Gasteiger partial charge on any atom is 0.0730 e. The summed E-state index contributed by atoms with van der Waals surface area (Å²) >= 11 is 0. The first-order valence-corrected chi connectivity index (χ1v) is 6.49. The van der Waals surface area contributed by atoms with Gasteiger partial charge in [-0.15, -0.1) is 0 Å². The monoisotopic (exact) mass is 236 g/mol. The van der Waals surface area contributed by atoms with Gasteiger partial charge in [0.05, 0.1) is 6.10 Å². The molecule has 0 radical (unpaired) electrons. The Kier molecular flexibility index (Phi) is 6.82. The Bertz CT molecular complexity index is 284. The molecule has 0 saturated carbocycles. The second-order valence-corrected chi connectivity index (χ2v) is 4.24. The highest BCUT2D eigenvalue weighted by Crippen LogP contribution is 2.12. The van der Waals surface area contributed by atoms with Gasteiger partial charge in [0.1, 0.15) is 0 Å². The normalized spacial score (nSPS) is 14.5. The number of nitrogens with zero attached hydrogens (tertiary/aromatic N) is 1. The molecule has 0 amide bonds. The van der Waals surface area contributed by atoms with Gasteiger partial charge in [-0.1, -0.05) is 19.4 Å². The Hall–Kier alpha value is -0.930. The van der Waals surface area contributed by atoms with Crippen molar-refractivity contribution >= 4 is 0 Å². The number of nitrogens with one attached hydrogen (secondary N) is 1. The van der Waals surface area contributed by atoms with Crippen LogP contribution in [0.3, 0.4) is 0 Å².